The molecule has 1 aliphatic heterocycles. The Morgan fingerprint density at radius 1 is 1.19 bits per heavy atom. The Bertz CT molecular complexity index is 506. The topological polar surface area (TPSA) is 6.48 Å². The van der Waals surface area contributed by atoms with Crippen LogP contribution in [0.2, 0.25) is 0 Å². The Kier molecular flexibility index (Phi) is 5.07. The molecule has 0 amide bonds. The summed E-state index contributed by atoms with van der Waals surface area (Å²) in [4.78, 5) is 4.05. The zero-order valence-electron chi connectivity index (χ0n) is 12.5. The fourth-order valence-corrected chi connectivity index (χ4v) is 4.00. The van der Waals surface area contributed by atoms with Crippen molar-refractivity contribution in [2.75, 3.05) is 32.1 Å². The van der Waals surface area contributed by atoms with Crippen molar-refractivity contribution in [1.82, 2.24) is 4.90 Å². The molecule has 6 heteroatoms. The molecule has 0 atom stereocenters. The maximum absolute atomic E-state index is 13.3. The minimum Gasteiger partial charge on any atom is -0.370 e. The zero-order valence-corrected chi connectivity index (χ0v) is 14.6. The predicted molar refractivity (Wildman–Crippen MR) is 87.8 cm³/mol. The Morgan fingerprint density at radius 3 is 2.24 bits per heavy atom. The summed E-state index contributed by atoms with van der Waals surface area (Å²) in [6.45, 7) is 3.05. The van der Waals surface area contributed by atoms with Crippen LogP contribution in [0, 0.1) is 10.5 Å². The Hall–Kier alpha value is -0.500. The van der Waals surface area contributed by atoms with Crippen molar-refractivity contribution >= 4 is 28.3 Å². The highest BCUT2D eigenvalue weighted by Crippen LogP contribution is 2.41. The Morgan fingerprint density at radius 2 is 1.76 bits per heavy atom. The first kappa shape index (κ1) is 16.9. The highest BCUT2D eigenvalue weighted by atomic mass is 127. The van der Waals surface area contributed by atoms with Crippen molar-refractivity contribution in [3.63, 3.8) is 0 Å². The number of aryl methyl sites for hydroxylation is 1. The first-order chi connectivity index (χ1) is 9.70. The second-order valence-electron chi connectivity index (χ2n) is 5.82. The second kappa shape index (κ2) is 6.32. The van der Waals surface area contributed by atoms with Gasteiger partial charge in [-0.1, -0.05) is 0 Å². The molecular formula is C15H20F3IN2. The van der Waals surface area contributed by atoms with E-state index < -0.39 is 11.7 Å². The van der Waals surface area contributed by atoms with E-state index in [1.54, 1.807) is 6.92 Å². The third-order valence-corrected chi connectivity index (χ3v) is 4.85. The monoisotopic (exact) mass is 412 g/mol. The van der Waals surface area contributed by atoms with Gasteiger partial charge in [0, 0.05) is 22.7 Å². The van der Waals surface area contributed by atoms with Crippen LogP contribution in [-0.2, 0) is 6.18 Å². The average molecular weight is 412 g/mol. The van der Waals surface area contributed by atoms with Gasteiger partial charge in [-0.25, -0.2) is 0 Å². The van der Waals surface area contributed by atoms with Crippen LogP contribution in [0.25, 0.3) is 0 Å². The van der Waals surface area contributed by atoms with E-state index in [0.29, 0.717) is 34.0 Å². The van der Waals surface area contributed by atoms with Gasteiger partial charge >= 0.3 is 6.18 Å². The molecule has 0 saturated carbocycles. The molecule has 1 aliphatic rings. The molecule has 0 bridgehead atoms. The van der Waals surface area contributed by atoms with Crippen LogP contribution in [0.4, 0.5) is 18.9 Å². The maximum Gasteiger partial charge on any atom is 0.418 e. The van der Waals surface area contributed by atoms with Crippen LogP contribution < -0.4 is 4.90 Å². The van der Waals surface area contributed by atoms with Crippen LogP contribution in [0.5, 0.6) is 0 Å². The minimum atomic E-state index is -4.31. The van der Waals surface area contributed by atoms with Crippen molar-refractivity contribution < 1.29 is 13.2 Å². The smallest absolute Gasteiger partial charge is 0.370 e. The first-order valence-electron chi connectivity index (χ1n) is 6.99. The fraction of sp³-hybridized carbons (Fsp3) is 0.600. The molecule has 1 aromatic carbocycles. The fourth-order valence-electron chi connectivity index (χ4n) is 2.88. The molecule has 1 heterocycles. The number of benzene rings is 1. The number of piperidine rings is 1. The highest BCUT2D eigenvalue weighted by Gasteiger charge is 2.37. The van der Waals surface area contributed by atoms with Crippen LogP contribution in [-0.4, -0.2) is 38.1 Å². The normalized spacial score (nSPS) is 17.6. The van der Waals surface area contributed by atoms with Gasteiger partial charge in [-0.3, -0.25) is 0 Å². The van der Waals surface area contributed by atoms with Gasteiger partial charge in [0.1, 0.15) is 0 Å². The summed E-state index contributed by atoms with van der Waals surface area (Å²) in [6, 6.07) is 3.54. The quantitative estimate of drug-likeness (QED) is 0.674. The Balaban J connectivity index is 2.32. The van der Waals surface area contributed by atoms with E-state index in [2.05, 4.69) is 4.90 Å². The first-order valence-corrected chi connectivity index (χ1v) is 8.06. The molecule has 0 unspecified atom stereocenters. The van der Waals surface area contributed by atoms with Gasteiger partial charge in [0.25, 0.3) is 0 Å². The SMILES string of the molecule is Cc1cc(I)c(N2CCC(N(C)C)CC2)c(C(F)(F)F)c1. The van der Waals surface area contributed by atoms with E-state index in [1.807, 2.05) is 47.7 Å². The lowest BCUT2D eigenvalue weighted by atomic mass is 10.0. The molecular weight excluding hydrogens is 392 g/mol. The molecule has 1 saturated heterocycles. The molecule has 0 radical (unpaired) electrons. The summed E-state index contributed by atoms with van der Waals surface area (Å²) in [7, 11) is 4.05. The molecule has 21 heavy (non-hydrogen) atoms. The summed E-state index contributed by atoms with van der Waals surface area (Å²) in [5.74, 6) is 0. The number of rotatable bonds is 2. The van der Waals surface area contributed by atoms with Crippen LogP contribution in [0.15, 0.2) is 12.1 Å². The summed E-state index contributed by atoms with van der Waals surface area (Å²) in [6.07, 6.45) is -2.51. The third kappa shape index (κ3) is 3.83. The standard InChI is InChI=1S/C15H20F3IN2/c1-10-8-12(15(16,17)18)14(13(19)9-10)21-6-4-11(5-7-21)20(2)3/h8-9,11H,4-7H2,1-3H3. The zero-order chi connectivity index (χ0) is 15.8. The van der Waals surface area contributed by atoms with Gasteiger partial charge in [-0.15, -0.1) is 0 Å². The van der Waals surface area contributed by atoms with E-state index >= 15 is 0 Å². The van der Waals surface area contributed by atoms with E-state index in [0.717, 1.165) is 12.8 Å². The molecule has 118 valence electrons. The minimum absolute atomic E-state index is 0.353. The molecule has 0 aromatic heterocycles. The number of nitrogens with zero attached hydrogens (tertiary/aromatic N) is 2. The Labute approximate surface area is 137 Å². The van der Waals surface area contributed by atoms with Gasteiger partial charge in [0.15, 0.2) is 0 Å². The molecule has 1 aromatic rings. The number of alkyl halides is 3. The summed E-state index contributed by atoms with van der Waals surface area (Å²) in [5, 5.41) is 0. The molecule has 0 aliphatic carbocycles. The summed E-state index contributed by atoms with van der Waals surface area (Å²) >= 11 is 2.02. The average Bonchev–Trinajstić information content (AvgIpc) is 2.37. The molecule has 0 N–H and O–H groups in total. The largest absolute Gasteiger partial charge is 0.418 e. The van der Waals surface area contributed by atoms with E-state index in [1.165, 1.54) is 6.07 Å². The highest BCUT2D eigenvalue weighted by molar-refractivity contribution is 14.1. The lowest BCUT2D eigenvalue weighted by molar-refractivity contribution is -0.137. The van der Waals surface area contributed by atoms with Crippen molar-refractivity contribution in [3.05, 3.63) is 26.8 Å². The van der Waals surface area contributed by atoms with Crippen LogP contribution in [0.3, 0.4) is 0 Å². The molecule has 2 rings (SSSR count). The van der Waals surface area contributed by atoms with Crippen LogP contribution >= 0.6 is 22.6 Å². The lowest BCUT2D eigenvalue weighted by Crippen LogP contribution is -2.42. The third-order valence-electron chi connectivity index (χ3n) is 4.02. The predicted octanol–water partition coefficient (Wildman–Crippen LogP) is 4.15. The second-order valence-corrected chi connectivity index (χ2v) is 6.98. The van der Waals surface area contributed by atoms with Crippen molar-refractivity contribution in [2.45, 2.75) is 32.0 Å². The number of anilines is 1. The van der Waals surface area contributed by atoms with Gasteiger partial charge in [0.05, 0.1) is 11.3 Å². The summed E-state index contributed by atoms with van der Waals surface area (Å²) in [5.41, 5.74) is 0.500. The number of hydrogen-bond donors (Lipinski definition) is 0. The molecule has 0 spiro atoms. The number of halogens is 4. The lowest BCUT2D eigenvalue weighted by Gasteiger charge is -2.38. The molecule has 1 fully saturated rings. The van der Waals surface area contributed by atoms with Gasteiger partial charge in [-0.05, 0) is 74.1 Å². The number of hydrogen-bond acceptors (Lipinski definition) is 2. The van der Waals surface area contributed by atoms with Gasteiger partial charge in [0.2, 0.25) is 0 Å². The van der Waals surface area contributed by atoms with E-state index in [9.17, 15) is 13.2 Å². The molecule has 2 nitrogen and oxygen atoms in total. The van der Waals surface area contributed by atoms with Crippen molar-refractivity contribution in [2.24, 2.45) is 0 Å². The van der Waals surface area contributed by atoms with E-state index in [4.69, 9.17) is 0 Å². The van der Waals surface area contributed by atoms with E-state index in [-0.39, 0.29) is 0 Å². The van der Waals surface area contributed by atoms with Crippen molar-refractivity contribution in [3.8, 4) is 0 Å². The van der Waals surface area contributed by atoms with Gasteiger partial charge in [-0.2, -0.15) is 13.2 Å². The summed E-state index contributed by atoms with van der Waals surface area (Å²) < 4.78 is 40.7. The van der Waals surface area contributed by atoms with Gasteiger partial charge < -0.3 is 9.80 Å². The van der Waals surface area contributed by atoms with Crippen LogP contribution in [0.1, 0.15) is 24.0 Å². The van der Waals surface area contributed by atoms with Crippen molar-refractivity contribution in [1.29, 1.82) is 0 Å². The maximum atomic E-state index is 13.3.